The second kappa shape index (κ2) is 7.44. The Kier molecular flexibility index (Phi) is 6.21. The number of hydrogen-bond donors (Lipinski definition) is 2. The molecular formula is C17H28N2O. The lowest BCUT2D eigenvalue weighted by Gasteiger charge is -2.30. The monoisotopic (exact) mass is 276 g/mol. The van der Waals surface area contributed by atoms with Gasteiger partial charge in [-0.05, 0) is 49.9 Å². The molecule has 3 N–H and O–H groups in total. The highest BCUT2D eigenvalue weighted by Crippen LogP contribution is 2.30. The van der Waals surface area contributed by atoms with Crippen molar-refractivity contribution in [2.75, 3.05) is 11.9 Å². The zero-order chi connectivity index (χ0) is 15.2. The summed E-state index contributed by atoms with van der Waals surface area (Å²) in [5.74, 6) is 0.0620. The smallest absolute Gasteiger partial charge is 0.231 e. The Hall–Kier alpha value is -1.35. The van der Waals surface area contributed by atoms with Crippen molar-refractivity contribution in [1.82, 2.24) is 0 Å². The van der Waals surface area contributed by atoms with E-state index in [9.17, 15) is 4.79 Å². The van der Waals surface area contributed by atoms with Crippen LogP contribution in [0.4, 0.5) is 5.69 Å². The molecule has 0 fully saturated rings. The Bertz CT molecular complexity index is 448. The van der Waals surface area contributed by atoms with Crippen molar-refractivity contribution in [3.8, 4) is 0 Å². The van der Waals surface area contributed by atoms with Gasteiger partial charge in [0.25, 0.3) is 0 Å². The van der Waals surface area contributed by atoms with E-state index in [1.54, 1.807) is 0 Å². The number of anilines is 1. The molecule has 0 aliphatic carbocycles. The van der Waals surface area contributed by atoms with Crippen LogP contribution >= 0.6 is 0 Å². The van der Waals surface area contributed by atoms with E-state index in [-0.39, 0.29) is 5.91 Å². The van der Waals surface area contributed by atoms with Gasteiger partial charge in [-0.3, -0.25) is 4.79 Å². The van der Waals surface area contributed by atoms with Crippen molar-refractivity contribution < 1.29 is 4.79 Å². The molecule has 0 unspecified atom stereocenters. The minimum atomic E-state index is -0.428. The fourth-order valence-corrected chi connectivity index (χ4v) is 2.69. The molecule has 3 heteroatoms. The van der Waals surface area contributed by atoms with Crippen molar-refractivity contribution in [2.24, 2.45) is 11.1 Å². The minimum absolute atomic E-state index is 0.0620. The molecule has 3 nitrogen and oxygen atoms in total. The number of rotatable bonds is 7. The van der Waals surface area contributed by atoms with Gasteiger partial charge in [0, 0.05) is 12.2 Å². The number of aryl methyl sites for hydroxylation is 2. The third-order valence-corrected chi connectivity index (χ3v) is 4.09. The molecule has 1 aromatic carbocycles. The standard InChI is InChI=1S/C17H28N2O/c1-5-9-17(12-18,10-6-2)16(20)19-15-8-7-13(3)14(4)11-15/h7-8,11H,5-6,9-10,12,18H2,1-4H3,(H,19,20). The van der Waals surface area contributed by atoms with Crippen LogP contribution in [0.3, 0.4) is 0 Å². The summed E-state index contributed by atoms with van der Waals surface area (Å²) in [5, 5.41) is 3.05. The molecule has 0 aromatic heterocycles. The van der Waals surface area contributed by atoms with E-state index in [1.807, 2.05) is 18.2 Å². The lowest BCUT2D eigenvalue weighted by molar-refractivity contribution is -0.126. The Morgan fingerprint density at radius 3 is 2.20 bits per heavy atom. The van der Waals surface area contributed by atoms with Crippen molar-refractivity contribution in [2.45, 2.75) is 53.4 Å². The van der Waals surface area contributed by atoms with Gasteiger partial charge in [0.15, 0.2) is 0 Å². The summed E-state index contributed by atoms with van der Waals surface area (Å²) in [4.78, 5) is 12.7. The molecule has 0 saturated heterocycles. The molecule has 20 heavy (non-hydrogen) atoms. The van der Waals surface area contributed by atoms with Crippen molar-refractivity contribution in [3.05, 3.63) is 29.3 Å². The number of carbonyl (C=O) groups is 1. The molecule has 0 radical (unpaired) electrons. The second-order valence-corrected chi connectivity index (χ2v) is 5.74. The van der Waals surface area contributed by atoms with Crippen molar-refractivity contribution in [3.63, 3.8) is 0 Å². The van der Waals surface area contributed by atoms with E-state index >= 15 is 0 Å². The normalized spacial score (nSPS) is 11.4. The number of amides is 1. The molecule has 1 aromatic rings. The number of benzene rings is 1. The number of nitrogens with one attached hydrogen (secondary N) is 1. The Balaban J connectivity index is 2.92. The summed E-state index contributed by atoms with van der Waals surface area (Å²) in [6.07, 6.45) is 3.62. The Morgan fingerprint density at radius 1 is 1.15 bits per heavy atom. The van der Waals surface area contributed by atoms with Crippen molar-refractivity contribution >= 4 is 11.6 Å². The molecule has 0 saturated carbocycles. The lowest BCUT2D eigenvalue weighted by Crippen LogP contribution is -2.42. The van der Waals surface area contributed by atoms with Gasteiger partial charge in [-0.2, -0.15) is 0 Å². The van der Waals surface area contributed by atoms with E-state index in [4.69, 9.17) is 5.73 Å². The van der Waals surface area contributed by atoms with Gasteiger partial charge in [0.1, 0.15) is 0 Å². The number of nitrogens with two attached hydrogens (primary N) is 1. The molecule has 1 rings (SSSR count). The highest BCUT2D eigenvalue weighted by molar-refractivity contribution is 5.95. The lowest BCUT2D eigenvalue weighted by atomic mass is 9.78. The SMILES string of the molecule is CCCC(CN)(CCC)C(=O)Nc1ccc(C)c(C)c1. The molecule has 112 valence electrons. The molecule has 0 spiro atoms. The Labute approximate surface area is 122 Å². The van der Waals surface area contributed by atoms with Crippen molar-refractivity contribution in [1.29, 1.82) is 0 Å². The first-order valence-corrected chi connectivity index (χ1v) is 7.58. The van der Waals surface area contributed by atoms with Crippen LogP contribution in [0, 0.1) is 19.3 Å². The molecule has 0 aliphatic heterocycles. The highest BCUT2D eigenvalue weighted by Gasteiger charge is 2.35. The number of hydrogen-bond acceptors (Lipinski definition) is 2. The van der Waals surface area contributed by atoms with Gasteiger partial charge in [-0.25, -0.2) is 0 Å². The summed E-state index contributed by atoms with van der Waals surface area (Å²) in [6, 6.07) is 6.01. The summed E-state index contributed by atoms with van der Waals surface area (Å²) in [6.45, 7) is 8.73. The van der Waals surface area contributed by atoms with E-state index in [1.165, 1.54) is 11.1 Å². The average Bonchev–Trinajstić information content (AvgIpc) is 2.42. The van der Waals surface area contributed by atoms with Crippen LogP contribution in [0.2, 0.25) is 0 Å². The quantitative estimate of drug-likeness (QED) is 0.796. The summed E-state index contributed by atoms with van der Waals surface area (Å²) in [7, 11) is 0. The predicted molar refractivity (Wildman–Crippen MR) is 85.8 cm³/mol. The predicted octanol–water partition coefficient (Wildman–Crippen LogP) is 3.79. The first kappa shape index (κ1) is 16.7. The number of carbonyl (C=O) groups excluding carboxylic acids is 1. The van der Waals surface area contributed by atoms with E-state index in [0.717, 1.165) is 31.4 Å². The van der Waals surface area contributed by atoms with Gasteiger partial charge in [0.05, 0.1) is 5.41 Å². The minimum Gasteiger partial charge on any atom is -0.329 e. The van der Waals surface area contributed by atoms with Crippen LogP contribution in [0.1, 0.15) is 50.7 Å². The zero-order valence-corrected chi connectivity index (χ0v) is 13.3. The van der Waals surface area contributed by atoms with Crippen LogP contribution in [0.25, 0.3) is 0 Å². The van der Waals surface area contributed by atoms with E-state index < -0.39 is 5.41 Å². The molecule has 0 atom stereocenters. The zero-order valence-electron chi connectivity index (χ0n) is 13.3. The maximum atomic E-state index is 12.7. The summed E-state index contributed by atoms with van der Waals surface area (Å²) >= 11 is 0. The van der Waals surface area contributed by atoms with Gasteiger partial charge in [-0.1, -0.05) is 32.8 Å². The maximum Gasteiger partial charge on any atom is 0.231 e. The summed E-state index contributed by atoms with van der Waals surface area (Å²) in [5.41, 5.74) is 8.78. The summed E-state index contributed by atoms with van der Waals surface area (Å²) < 4.78 is 0. The maximum absolute atomic E-state index is 12.7. The largest absolute Gasteiger partial charge is 0.329 e. The Morgan fingerprint density at radius 2 is 1.75 bits per heavy atom. The van der Waals surface area contributed by atoms with E-state index in [0.29, 0.717) is 6.54 Å². The van der Waals surface area contributed by atoms with E-state index in [2.05, 4.69) is 33.0 Å². The third kappa shape index (κ3) is 3.83. The molecule has 0 bridgehead atoms. The first-order valence-electron chi connectivity index (χ1n) is 7.58. The third-order valence-electron chi connectivity index (χ3n) is 4.09. The molecular weight excluding hydrogens is 248 g/mol. The van der Waals surface area contributed by atoms with Crippen LogP contribution in [0.15, 0.2) is 18.2 Å². The molecule has 0 heterocycles. The van der Waals surface area contributed by atoms with Gasteiger partial charge < -0.3 is 11.1 Å². The fraction of sp³-hybridized carbons (Fsp3) is 0.588. The van der Waals surface area contributed by atoms with Gasteiger partial charge in [-0.15, -0.1) is 0 Å². The molecule has 0 aliphatic rings. The van der Waals surface area contributed by atoms with Crippen LogP contribution in [-0.4, -0.2) is 12.5 Å². The first-order chi connectivity index (χ1) is 9.49. The molecule has 1 amide bonds. The fourth-order valence-electron chi connectivity index (χ4n) is 2.69. The van der Waals surface area contributed by atoms with Crippen LogP contribution in [0.5, 0.6) is 0 Å². The topological polar surface area (TPSA) is 55.1 Å². The van der Waals surface area contributed by atoms with Crippen LogP contribution < -0.4 is 11.1 Å². The highest BCUT2D eigenvalue weighted by atomic mass is 16.2. The van der Waals surface area contributed by atoms with Gasteiger partial charge >= 0.3 is 0 Å². The average molecular weight is 276 g/mol. The second-order valence-electron chi connectivity index (χ2n) is 5.74. The van der Waals surface area contributed by atoms with Gasteiger partial charge in [0.2, 0.25) is 5.91 Å². The van der Waals surface area contributed by atoms with Crippen LogP contribution in [-0.2, 0) is 4.79 Å².